The third kappa shape index (κ3) is 2.85. The molecule has 1 rings (SSSR count). The van der Waals surface area contributed by atoms with Gasteiger partial charge in [0.2, 0.25) is 0 Å². The van der Waals surface area contributed by atoms with Gasteiger partial charge in [-0.05, 0) is 17.7 Å². The monoisotopic (exact) mass is 257 g/mol. The Balaban J connectivity index is 3.49. The molecule has 0 aliphatic carbocycles. The lowest BCUT2D eigenvalue weighted by Crippen LogP contribution is -2.12. The fraction of sp³-hybridized carbons (Fsp3) is 0.182. The third-order valence-electron chi connectivity index (χ3n) is 2.17. The van der Waals surface area contributed by atoms with Crippen LogP contribution in [0.3, 0.4) is 0 Å². The van der Waals surface area contributed by atoms with Crippen LogP contribution < -0.4 is 0 Å². The zero-order valence-corrected chi connectivity index (χ0v) is 8.78. The molecule has 1 aromatic rings. The van der Waals surface area contributed by atoms with Crippen LogP contribution in [0, 0.1) is 11.3 Å². The molecule has 0 saturated carbocycles. The summed E-state index contributed by atoms with van der Waals surface area (Å²) < 4.78 is 37.8. The van der Waals surface area contributed by atoms with Crippen molar-refractivity contribution in [1.29, 1.82) is 5.26 Å². The number of carbonyl (C=O) groups is 2. The summed E-state index contributed by atoms with van der Waals surface area (Å²) in [6.07, 6.45) is -5.52. The van der Waals surface area contributed by atoms with E-state index in [0.717, 1.165) is 6.07 Å². The maximum atomic E-state index is 12.6. The largest absolute Gasteiger partial charge is 0.481 e. The van der Waals surface area contributed by atoms with Crippen LogP contribution in [0.2, 0.25) is 0 Å². The van der Waals surface area contributed by atoms with E-state index < -0.39 is 29.7 Å². The molecule has 0 amide bonds. The number of rotatable bonds is 3. The first kappa shape index (κ1) is 13.7. The summed E-state index contributed by atoms with van der Waals surface area (Å²) in [6, 6.07) is 2.83. The minimum absolute atomic E-state index is 0.0196. The Morgan fingerprint density at radius 3 is 2.44 bits per heavy atom. The third-order valence-corrected chi connectivity index (χ3v) is 2.17. The molecule has 0 aliphatic rings. The maximum Gasteiger partial charge on any atom is 0.417 e. The number of aliphatic carboxylic acids is 1. The van der Waals surface area contributed by atoms with Gasteiger partial charge >= 0.3 is 12.1 Å². The van der Waals surface area contributed by atoms with E-state index in [0.29, 0.717) is 6.07 Å². The molecule has 0 radical (unpaired) electrons. The number of aldehydes is 1. The zero-order chi connectivity index (χ0) is 13.9. The molecule has 0 fully saturated rings. The molecule has 4 nitrogen and oxygen atoms in total. The zero-order valence-electron chi connectivity index (χ0n) is 8.78. The number of carboxylic acid groups (broad SMARTS) is 1. The fourth-order valence-electron chi connectivity index (χ4n) is 1.42. The molecule has 0 saturated heterocycles. The summed E-state index contributed by atoms with van der Waals surface area (Å²) in [5.74, 6) is -1.36. The number of halogens is 3. The highest BCUT2D eigenvalue weighted by Crippen LogP contribution is 2.33. The predicted molar refractivity (Wildman–Crippen MR) is 52.9 cm³/mol. The Kier molecular flexibility index (Phi) is 3.71. The van der Waals surface area contributed by atoms with Crippen molar-refractivity contribution in [2.24, 2.45) is 0 Å². The van der Waals surface area contributed by atoms with E-state index in [2.05, 4.69) is 0 Å². The molecule has 0 spiro atoms. The summed E-state index contributed by atoms with van der Waals surface area (Å²) >= 11 is 0. The van der Waals surface area contributed by atoms with E-state index >= 15 is 0 Å². The lowest BCUT2D eigenvalue weighted by atomic mass is 9.97. The second-order valence-electron chi connectivity index (χ2n) is 3.39. The van der Waals surface area contributed by atoms with Crippen molar-refractivity contribution in [2.75, 3.05) is 0 Å². The van der Waals surface area contributed by atoms with Gasteiger partial charge < -0.3 is 5.11 Å². The van der Waals surface area contributed by atoms with E-state index in [9.17, 15) is 22.8 Å². The lowest BCUT2D eigenvalue weighted by molar-refractivity contribution is -0.139. The molecule has 1 aromatic carbocycles. The van der Waals surface area contributed by atoms with Crippen LogP contribution >= 0.6 is 0 Å². The molecular weight excluding hydrogens is 251 g/mol. The van der Waals surface area contributed by atoms with Gasteiger partial charge in [0.1, 0.15) is 0 Å². The Labute approximate surface area is 99.3 Å². The van der Waals surface area contributed by atoms with E-state index in [1.807, 2.05) is 0 Å². The standard InChI is InChI=1S/C11H6F3NO3/c12-11(13,14)9-2-6(3-10(17)18)7(4-15)1-8(9)5-16/h1-2,5H,3H2,(H,17,18). The van der Waals surface area contributed by atoms with Crippen molar-refractivity contribution in [1.82, 2.24) is 0 Å². The number of nitriles is 1. The van der Waals surface area contributed by atoms with Crippen LogP contribution in [-0.4, -0.2) is 17.4 Å². The van der Waals surface area contributed by atoms with Crippen LogP contribution in [0.15, 0.2) is 12.1 Å². The molecule has 7 heteroatoms. The van der Waals surface area contributed by atoms with Crippen molar-refractivity contribution < 1.29 is 27.9 Å². The number of nitrogens with zero attached hydrogens (tertiary/aromatic N) is 1. The van der Waals surface area contributed by atoms with Crippen molar-refractivity contribution in [2.45, 2.75) is 12.6 Å². The van der Waals surface area contributed by atoms with Crippen molar-refractivity contribution in [3.05, 3.63) is 34.4 Å². The lowest BCUT2D eigenvalue weighted by Gasteiger charge is -2.12. The molecule has 94 valence electrons. The quantitative estimate of drug-likeness (QED) is 0.840. The van der Waals surface area contributed by atoms with Crippen LogP contribution in [0.25, 0.3) is 0 Å². The maximum absolute atomic E-state index is 12.6. The van der Waals surface area contributed by atoms with Crippen LogP contribution in [0.5, 0.6) is 0 Å². The van der Waals surface area contributed by atoms with Crippen molar-refractivity contribution >= 4 is 12.3 Å². The van der Waals surface area contributed by atoms with E-state index in [4.69, 9.17) is 10.4 Å². The minimum Gasteiger partial charge on any atom is -0.481 e. The Hall–Kier alpha value is -2.36. The first-order valence-electron chi connectivity index (χ1n) is 4.60. The molecule has 1 N–H and O–H groups in total. The van der Waals surface area contributed by atoms with Gasteiger partial charge in [0.15, 0.2) is 6.29 Å². The number of benzene rings is 1. The first-order valence-corrected chi connectivity index (χ1v) is 4.60. The molecule has 0 aromatic heterocycles. The minimum atomic E-state index is -4.78. The molecule has 0 heterocycles. The van der Waals surface area contributed by atoms with E-state index in [1.165, 1.54) is 0 Å². The van der Waals surface area contributed by atoms with Crippen LogP contribution in [-0.2, 0) is 17.4 Å². The van der Waals surface area contributed by atoms with E-state index in [1.54, 1.807) is 6.07 Å². The number of hydrogen-bond acceptors (Lipinski definition) is 3. The SMILES string of the molecule is N#Cc1cc(C=O)c(C(F)(F)F)cc1CC(=O)O. The number of carboxylic acids is 1. The van der Waals surface area contributed by atoms with Gasteiger partial charge in [0, 0.05) is 5.56 Å². The van der Waals surface area contributed by atoms with Gasteiger partial charge in [-0.2, -0.15) is 18.4 Å². The molecule has 18 heavy (non-hydrogen) atoms. The van der Waals surface area contributed by atoms with Crippen LogP contribution in [0.1, 0.15) is 27.0 Å². The second kappa shape index (κ2) is 4.87. The summed E-state index contributed by atoms with van der Waals surface area (Å²) in [6.45, 7) is 0. The Morgan fingerprint density at radius 1 is 1.44 bits per heavy atom. The molecule has 0 aliphatic heterocycles. The molecule has 0 bridgehead atoms. The first-order chi connectivity index (χ1) is 8.29. The molecule has 0 unspecified atom stereocenters. The van der Waals surface area contributed by atoms with Crippen LogP contribution in [0.4, 0.5) is 13.2 Å². The Morgan fingerprint density at radius 2 is 2.06 bits per heavy atom. The van der Waals surface area contributed by atoms with Gasteiger partial charge in [0.05, 0.1) is 23.6 Å². The highest BCUT2D eigenvalue weighted by atomic mass is 19.4. The summed E-state index contributed by atoms with van der Waals surface area (Å²) in [5.41, 5.74) is -2.46. The number of alkyl halides is 3. The summed E-state index contributed by atoms with van der Waals surface area (Å²) in [5, 5.41) is 17.3. The summed E-state index contributed by atoms with van der Waals surface area (Å²) in [7, 11) is 0. The average Bonchev–Trinajstić information content (AvgIpc) is 2.26. The summed E-state index contributed by atoms with van der Waals surface area (Å²) in [4.78, 5) is 21.0. The highest BCUT2D eigenvalue weighted by Gasteiger charge is 2.34. The van der Waals surface area contributed by atoms with Crippen molar-refractivity contribution in [3.63, 3.8) is 0 Å². The average molecular weight is 257 g/mol. The smallest absolute Gasteiger partial charge is 0.417 e. The highest BCUT2D eigenvalue weighted by molar-refractivity contribution is 5.80. The van der Waals surface area contributed by atoms with Gasteiger partial charge in [-0.3, -0.25) is 9.59 Å². The van der Waals surface area contributed by atoms with Gasteiger partial charge in [-0.15, -0.1) is 0 Å². The normalized spacial score (nSPS) is 10.8. The second-order valence-corrected chi connectivity index (χ2v) is 3.39. The number of carbonyl (C=O) groups excluding carboxylic acids is 1. The number of hydrogen-bond donors (Lipinski definition) is 1. The van der Waals surface area contributed by atoms with Crippen molar-refractivity contribution in [3.8, 4) is 6.07 Å². The predicted octanol–water partition coefficient (Wildman–Crippen LogP) is 2.02. The molecule has 0 atom stereocenters. The van der Waals surface area contributed by atoms with Gasteiger partial charge in [-0.25, -0.2) is 0 Å². The topological polar surface area (TPSA) is 78.2 Å². The van der Waals surface area contributed by atoms with Gasteiger partial charge in [-0.1, -0.05) is 0 Å². The fourth-order valence-corrected chi connectivity index (χ4v) is 1.42. The molecular formula is C11H6F3NO3. The Bertz CT molecular complexity index is 544. The van der Waals surface area contributed by atoms with Gasteiger partial charge in [0.25, 0.3) is 0 Å². The van der Waals surface area contributed by atoms with E-state index in [-0.39, 0.29) is 17.4 Å².